The number of halogens is 1. The minimum absolute atomic E-state index is 0.482. The molecule has 0 radical (unpaired) electrons. The Hall–Kier alpha value is -1.41. The van der Waals surface area contributed by atoms with Gasteiger partial charge in [0.15, 0.2) is 5.15 Å². The van der Waals surface area contributed by atoms with Crippen LogP contribution >= 0.6 is 11.6 Å². The molecule has 1 aromatic carbocycles. The molecule has 0 bridgehead atoms. The van der Waals surface area contributed by atoms with Gasteiger partial charge in [-0.15, -0.1) is 10.2 Å². The van der Waals surface area contributed by atoms with E-state index in [4.69, 9.17) is 11.6 Å². The quantitative estimate of drug-likeness (QED) is 0.792. The van der Waals surface area contributed by atoms with E-state index < -0.39 is 0 Å². The van der Waals surface area contributed by atoms with Gasteiger partial charge in [0.05, 0.1) is 5.69 Å². The highest BCUT2D eigenvalue weighted by Crippen LogP contribution is 2.27. The van der Waals surface area contributed by atoms with Crippen molar-refractivity contribution in [2.45, 2.75) is 33.6 Å². The molecule has 3 heteroatoms. The average Bonchev–Trinajstić information content (AvgIpc) is 2.36. The molecule has 18 heavy (non-hydrogen) atoms. The van der Waals surface area contributed by atoms with E-state index in [2.05, 4.69) is 48.3 Å². The molecule has 2 aromatic rings. The van der Waals surface area contributed by atoms with Crippen LogP contribution in [0.15, 0.2) is 24.3 Å². The zero-order chi connectivity index (χ0) is 13.3. The summed E-state index contributed by atoms with van der Waals surface area (Å²) in [5.41, 5.74) is 5.41. The van der Waals surface area contributed by atoms with Crippen LogP contribution in [0.1, 0.15) is 36.5 Å². The minimum atomic E-state index is 0.482. The van der Waals surface area contributed by atoms with E-state index in [1.54, 1.807) is 0 Å². The Bertz CT molecular complexity index is 559. The molecular formula is C15H17ClN2. The Balaban J connectivity index is 2.46. The second kappa shape index (κ2) is 5.07. The summed E-state index contributed by atoms with van der Waals surface area (Å²) in [6.45, 7) is 8.37. The molecule has 0 N–H and O–H groups in total. The van der Waals surface area contributed by atoms with E-state index in [0.29, 0.717) is 11.1 Å². The maximum Gasteiger partial charge on any atom is 0.154 e. The van der Waals surface area contributed by atoms with E-state index in [1.807, 2.05) is 13.8 Å². The normalized spacial score (nSPS) is 11.0. The standard InChI is InChI=1S/C15H17ClN2/c1-9(2)12-5-7-13(8-6-12)14-10(3)11(4)15(16)18-17-14/h5-9H,1-4H3. The van der Waals surface area contributed by atoms with Crippen molar-refractivity contribution in [3.05, 3.63) is 46.1 Å². The van der Waals surface area contributed by atoms with Crippen LogP contribution in [-0.2, 0) is 0 Å². The second-order valence-electron chi connectivity index (χ2n) is 4.87. The van der Waals surface area contributed by atoms with Gasteiger partial charge in [-0.1, -0.05) is 49.7 Å². The fourth-order valence-electron chi connectivity index (χ4n) is 1.88. The molecule has 1 aromatic heterocycles. The number of benzene rings is 1. The van der Waals surface area contributed by atoms with Crippen LogP contribution in [0.25, 0.3) is 11.3 Å². The SMILES string of the molecule is Cc1c(Cl)nnc(-c2ccc(C(C)C)cc2)c1C. The van der Waals surface area contributed by atoms with Crippen molar-refractivity contribution in [1.82, 2.24) is 10.2 Å². The summed E-state index contributed by atoms with van der Waals surface area (Å²) in [7, 11) is 0. The predicted molar refractivity (Wildman–Crippen MR) is 76.0 cm³/mol. The first-order valence-electron chi connectivity index (χ1n) is 6.10. The van der Waals surface area contributed by atoms with Crippen LogP contribution in [0, 0.1) is 13.8 Å². The minimum Gasteiger partial charge on any atom is -0.149 e. The summed E-state index contributed by atoms with van der Waals surface area (Å²) in [5, 5.41) is 8.67. The Morgan fingerprint density at radius 1 is 0.944 bits per heavy atom. The first-order chi connectivity index (χ1) is 8.50. The predicted octanol–water partition coefficient (Wildman–Crippen LogP) is 4.54. The average molecular weight is 261 g/mol. The lowest BCUT2D eigenvalue weighted by molar-refractivity contribution is 0.866. The topological polar surface area (TPSA) is 25.8 Å². The van der Waals surface area contributed by atoms with Gasteiger partial charge in [0.25, 0.3) is 0 Å². The maximum atomic E-state index is 5.97. The molecule has 1 heterocycles. The van der Waals surface area contributed by atoms with Gasteiger partial charge < -0.3 is 0 Å². The van der Waals surface area contributed by atoms with Crippen LogP contribution < -0.4 is 0 Å². The molecule has 0 amide bonds. The van der Waals surface area contributed by atoms with Gasteiger partial charge >= 0.3 is 0 Å². The summed E-state index contributed by atoms with van der Waals surface area (Å²) in [6, 6.07) is 8.48. The van der Waals surface area contributed by atoms with Gasteiger partial charge in [-0.25, -0.2) is 0 Å². The molecule has 0 saturated heterocycles. The van der Waals surface area contributed by atoms with Crippen LogP contribution in [0.2, 0.25) is 5.15 Å². The molecular weight excluding hydrogens is 244 g/mol. The van der Waals surface area contributed by atoms with E-state index in [1.165, 1.54) is 5.56 Å². The van der Waals surface area contributed by atoms with Crippen molar-refractivity contribution in [2.75, 3.05) is 0 Å². The summed E-state index contributed by atoms with van der Waals surface area (Å²) >= 11 is 5.97. The van der Waals surface area contributed by atoms with Crippen molar-refractivity contribution in [3.8, 4) is 11.3 Å². The molecule has 94 valence electrons. The van der Waals surface area contributed by atoms with Gasteiger partial charge in [-0.05, 0) is 36.5 Å². The zero-order valence-electron chi connectivity index (χ0n) is 11.2. The summed E-state index contributed by atoms with van der Waals surface area (Å²) in [6.07, 6.45) is 0. The second-order valence-corrected chi connectivity index (χ2v) is 5.22. The molecule has 0 unspecified atom stereocenters. The van der Waals surface area contributed by atoms with Crippen molar-refractivity contribution < 1.29 is 0 Å². The van der Waals surface area contributed by atoms with Crippen molar-refractivity contribution >= 4 is 11.6 Å². The summed E-state index contributed by atoms with van der Waals surface area (Å²) in [5.74, 6) is 0.540. The lowest BCUT2D eigenvalue weighted by Gasteiger charge is -2.10. The van der Waals surface area contributed by atoms with Crippen LogP contribution in [-0.4, -0.2) is 10.2 Å². The number of aromatic nitrogens is 2. The monoisotopic (exact) mass is 260 g/mol. The first kappa shape index (κ1) is 13.0. The molecule has 2 nitrogen and oxygen atoms in total. The van der Waals surface area contributed by atoms with Crippen molar-refractivity contribution in [1.29, 1.82) is 0 Å². The highest BCUT2D eigenvalue weighted by molar-refractivity contribution is 6.30. The molecule has 0 aliphatic carbocycles. The third kappa shape index (κ3) is 2.39. The molecule has 2 rings (SSSR count). The van der Waals surface area contributed by atoms with Crippen molar-refractivity contribution in [2.24, 2.45) is 0 Å². The van der Waals surface area contributed by atoms with E-state index in [0.717, 1.165) is 22.4 Å². The highest BCUT2D eigenvalue weighted by atomic mass is 35.5. The Labute approximate surface area is 113 Å². The summed E-state index contributed by atoms with van der Waals surface area (Å²) in [4.78, 5) is 0. The smallest absolute Gasteiger partial charge is 0.149 e. The van der Waals surface area contributed by atoms with E-state index in [-0.39, 0.29) is 0 Å². The fourth-order valence-corrected chi connectivity index (χ4v) is 2.06. The Morgan fingerprint density at radius 2 is 1.56 bits per heavy atom. The molecule has 0 aliphatic heterocycles. The largest absolute Gasteiger partial charge is 0.154 e. The highest BCUT2D eigenvalue weighted by Gasteiger charge is 2.10. The number of hydrogen-bond donors (Lipinski definition) is 0. The molecule has 0 fully saturated rings. The molecule has 0 spiro atoms. The maximum absolute atomic E-state index is 5.97. The number of nitrogens with zero attached hydrogens (tertiary/aromatic N) is 2. The van der Waals surface area contributed by atoms with Gasteiger partial charge in [-0.2, -0.15) is 0 Å². The third-order valence-electron chi connectivity index (χ3n) is 3.32. The fraction of sp³-hybridized carbons (Fsp3) is 0.333. The molecule has 0 saturated carbocycles. The molecule has 0 atom stereocenters. The van der Waals surface area contributed by atoms with Gasteiger partial charge in [0.2, 0.25) is 0 Å². The number of rotatable bonds is 2. The van der Waals surface area contributed by atoms with E-state index in [9.17, 15) is 0 Å². The van der Waals surface area contributed by atoms with Gasteiger partial charge in [0.1, 0.15) is 0 Å². The van der Waals surface area contributed by atoms with Crippen LogP contribution in [0.3, 0.4) is 0 Å². The van der Waals surface area contributed by atoms with Gasteiger partial charge in [0, 0.05) is 5.56 Å². The van der Waals surface area contributed by atoms with Crippen LogP contribution in [0.5, 0.6) is 0 Å². The lowest BCUT2D eigenvalue weighted by atomic mass is 9.99. The number of hydrogen-bond acceptors (Lipinski definition) is 2. The Kier molecular flexibility index (Phi) is 3.67. The van der Waals surface area contributed by atoms with Gasteiger partial charge in [-0.3, -0.25) is 0 Å². The van der Waals surface area contributed by atoms with Crippen LogP contribution in [0.4, 0.5) is 0 Å². The third-order valence-corrected chi connectivity index (χ3v) is 3.67. The van der Waals surface area contributed by atoms with Crippen molar-refractivity contribution in [3.63, 3.8) is 0 Å². The van der Waals surface area contributed by atoms with E-state index >= 15 is 0 Å². The first-order valence-corrected chi connectivity index (χ1v) is 6.48. The summed E-state index contributed by atoms with van der Waals surface area (Å²) < 4.78 is 0. The zero-order valence-corrected chi connectivity index (χ0v) is 11.9. The lowest BCUT2D eigenvalue weighted by Crippen LogP contribution is -1.97. The molecule has 0 aliphatic rings. The Morgan fingerprint density at radius 3 is 2.11 bits per heavy atom.